The minimum Gasteiger partial charge on any atom is -0.394 e. The van der Waals surface area contributed by atoms with E-state index in [-0.39, 0.29) is 24.9 Å². The molecular formula is C12H22O7. The molecule has 0 aromatic rings. The normalized spacial score (nSPS) is 33.8. The number of aliphatic hydroxyl groups excluding tert-OH is 2. The average Bonchev–Trinajstić information content (AvgIpc) is 2.97. The van der Waals surface area contributed by atoms with E-state index in [2.05, 4.69) is 0 Å². The van der Waals surface area contributed by atoms with Gasteiger partial charge in [-0.15, -0.1) is 0 Å². The molecule has 0 unspecified atom stereocenters. The van der Waals surface area contributed by atoms with Gasteiger partial charge >= 0.3 is 0 Å². The molecule has 112 valence electrons. The first kappa shape index (κ1) is 15.1. The number of aliphatic hydroxyl groups is 2. The highest BCUT2D eigenvalue weighted by atomic mass is 16.6. The zero-order valence-electron chi connectivity index (χ0n) is 10.9. The summed E-state index contributed by atoms with van der Waals surface area (Å²) in [6, 6.07) is 0. The second-order valence-corrected chi connectivity index (χ2v) is 4.52. The van der Waals surface area contributed by atoms with Crippen LogP contribution in [0, 0.1) is 0 Å². The molecule has 2 aliphatic heterocycles. The quantitative estimate of drug-likeness (QED) is 0.499. The lowest BCUT2D eigenvalue weighted by molar-refractivity contribution is -0.0578. The van der Waals surface area contributed by atoms with Gasteiger partial charge < -0.3 is 33.9 Å². The predicted molar refractivity (Wildman–Crippen MR) is 64.0 cm³/mol. The van der Waals surface area contributed by atoms with Crippen molar-refractivity contribution in [3.8, 4) is 0 Å². The van der Waals surface area contributed by atoms with Crippen molar-refractivity contribution in [3.05, 3.63) is 0 Å². The molecule has 2 saturated heterocycles. The molecule has 2 N–H and O–H groups in total. The molecular weight excluding hydrogens is 256 g/mol. The van der Waals surface area contributed by atoms with Crippen molar-refractivity contribution in [3.63, 3.8) is 0 Å². The van der Waals surface area contributed by atoms with E-state index in [1.54, 1.807) is 0 Å². The van der Waals surface area contributed by atoms with Gasteiger partial charge in [0.25, 0.3) is 0 Å². The van der Waals surface area contributed by atoms with Crippen LogP contribution in [0.3, 0.4) is 0 Å². The van der Waals surface area contributed by atoms with E-state index in [9.17, 15) is 5.11 Å². The molecule has 2 fully saturated rings. The Morgan fingerprint density at radius 3 is 2.37 bits per heavy atom. The van der Waals surface area contributed by atoms with Gasteiger partial charge in [0.2, 0.25) is 0 Å². The molecule has 2 heterocycles. The third-order valence-electron chi connectivity index (χ3n) is 3.15. The van der Waals surface area contributed by atoms with Gasteiger partial charge in [-0.2, -0.15) is 0 Å². The maximum atomic E-state index is 9.57. The van der Waals surface area contributed by atoms with Gasteiger partial charge in [-0.3, -0.25) is 0 Å². The maximum Gasteiger partial charge on any atom is 0.115 e. The maximum absolute atomic E-state index is 9.57. The molecule has 0 spiro atoms. The molecule has 0 saturated carbocycles. The van der Waals surface area contributed by atoms with Crippen LogP contribution >= 0.6 is 0 Å². The minimum atomic E-state index is -0.543. The van der Waals surface area contributed by atoms with Crippen LogP contribution in [0.2, 0.25) is 0 Å². The third kappa shape index (κ3) is 4.35. The summed E-state index contributed by atoms with van der Waals surface area (Å²) in [7, 11) is 0. The number of hydrogen-bond acceptors (Lipinski definition) is 7. The van der Waals surface area contributed by atoms with E-state index in [4.69, 9.17) is 28.8 Å². The third-order valence-corrected chi connectivity index (χ3v) is 3.15. The van der Waals surface area contributed by atoms with Crippen molar-refractivity contribution in [1.82, 2.24) is 0 Å². The Bertz CT molecular complexity index is 250. The van der Waals surface area contributed by atoms with E-state index in [0.717, 1.165) is 0 Å². The summed E-state index contributed by atoms with van der Waals surface area (Å²) < 4.78 is 26.9. The number of rotatable bonds is 9. The summed E-state index contributed by atoms with van der Waals surface area (Å²) in [5.41, 5.74) is 0. The Hall–Kier alpha value is -0.280. The second-order valence-electron chi connectivity index (χ2n) is 4.52. The topological polar surface area (TPSA) is 86.6 Å². The second kappa shape index (κ2) is 8.11. The van der Waals surface area contributed by atoms with E-state index in [0.29, 0.717) is 46.2 Å². The summed E-state index contributed by atoms with van der Waals surface area (Å²) in [6.45, 7) is 3.00. The van der Waals surface area contributed by atoms with Gasteiger partial charge in [0.05, 0.1) is 52.9 Å². The van der Waals surface area contributed by atoms with Crippen LogP contribution in [0.5, 0.6) is 0 Å². The van der Waals surface area contributed by atoms with Crippen LogP contribution < -0.4 is 0 Å². The molecule has 0 amide bonds. The fraction of sp³-hybridized carbons (Fsp3) is 1.00. The largest absolute Gasteiger partial charge is 0.394 e. The van der Waals surface area contributed by atoms with E-state index < -0.39 is 6.10 Å². The molecule has 0 radical (unpaired) electrons. The Labute approximate surface area is 112 Å². The van der Waals surface area contributed by atoms with Gasteiger partial charge in [-0.05, 0) is 0 Å². The molecule has 2 aliphatic rings. The first-order valence-corrected chi connectivity index (χ1v) is 6.62. The van der Waals surface area contributed by atoms with Crippen molar-refractivity contribution in [1.29, 1.82) is 0 Å². The molecule has 0 aromatic carbocycles. The Kier molecular flexibility index (Phi) is 6.45. The predicted octanol–water partition coefficient (Wildman–Crippen LogP) is -1.44. The lowest BCUT2D eigenvalue weighted by Gasteiger charge is -2.16. The van der Waals surface area contributed by atoms with Crippen molar-refractivity contribution >= 4 is 0 Å². The molecule has 0 bridgehead atoms. The van der Waals surface area contributed by atoms with Crippen molar-refractivity contribution in [2.45, 2.75) is 24.4 Å². The van der Waals surface area contributed by atoms with Crippen LogP contribution in [0.15, 0.2) is 0 Å². The number of ether oxygens (including phenoxy) is 5. The number of fused-ring (bicyclic) bond motifs is 1. The molecule has 0 aromatic heterocycles. The monoisotopic (exact) mass is 278 g/mol. The highest BCUT2D eigenvalue weighted by Gasteiger charge is 2.47. The van der Waals surface area contributed by atoms with E-state index in [1.165, 1.54) is 0 Å². The standard InChI is InChI=1S/C12H22O7/c13-1-2-15-3-4-16-5-6-17-10-8-19-11-9(14)7-18-12(10)11/h9-14H,1-8H2/t9-,10+,11-,12-/m1/s1. The van der Waals surface area contributed by atoms with Crippen LogP contribution in [-0.4, -0.2) is 87.5 Å². The number of hydrogen-bond donors (Lipinski definition) is 2. The van der Waals surface area contributed by atoms with Crippen LogP contribution in [0.25, 0.3) is 0 Å². The minimum absolute atomic E-state index is 0.0270. The SMILES string of the molecule is OCCOCCOCCO[C@H]1CO[C@H]2[C@@H]1OC[C@H]2O. The van der Waals surface area contributed by atoms with Gasteiger partial charge in [-0.1, -0.05) is 0 Å². The lowest BCUT2D eigenvalue weighted by atomic mass is 10.1. The van der Waals surface area contributed by atoms with Crippen LogP contribution in [0.1, 0.15) is 0 Å². The lowest BCUT2D eigenvalue weighted by Crippen LogP contribution is -2.33. The van der Waals surface area contributed by atoms with Crippen molar-refractivity contribution in [2.75, 3.05) is 52.9 Å². The highest BCUT2D eigenvalue weighted by Crippen LogP contribution is 2.28. The zero-order chi connectivity index (χ0) is 13.5. The summed E-state index contributed by atoms with van der Waals surface area (Å²) in [6.07, 6.45) is -1.09. The van der Waals surface area contributed by atoms with Crippen molar-refractivity contribution < 1.29 is 33.9 Å². The highest BCUT2D eigenvalue weighted by molar-refractivity contribution is 4.94. The summed E-state index contributed by atoms with van der Waals surface area (Å²) in [4.78, 5) is 0. The molecule has 7 heteroatoms. The van der Waals surface area contributed by atoms with Gasteiger partial charge in [-0.25, -0.2) is 0 Å². The molecule has 4 atom stereocenters. The fourth-order valence-corrected chi connectivity index (χ4v) is 2.23. The average molecular weight is 278 g/mol. The van der Waals surface area contributed by atoms with Crippen LogP contribution in [0.4, 0.5) is 0 Å². The van der Waals surface area contributed by atoms with E-state index >= 15 is 0 Å². The Morgan fingerprint density at radius 2 is 1.58 bits per heavy atom. The zero-order valence-corrected chi connectivity index (χ0v) is 10.9. The van der Waals surface area contributed by atoms with Crippen molar-refractivity contribution in [2.24, 2.45) is 0 Å². The Balaban J connectivity index is 1.48. The molecule has 2 rings (SSSR count). The first-order chi connectivity index (χ1) is 9.33. The Morgan fingerprint density at radius 1 is 0.895 bits per heavy atom. The fourth-order valence-electron chi connectivity index (χ4n) is 2.23. The van der Waals surface area contributed by atoms with Gasteiger partial charge in [0, 0.05) is 0 Å². The van der Waals surface area contributed by atoms with Gasteiger partial charge in [0.15, 0.2) is 0 Å². The molecule has 7 nitrogen and oxygen atoms in total. The van der Waals surface area contributed by atoms with E-state index in [1.807, 2.05) is 0 Å². The summed E-state index contributed by atoms with van der Waals surface area (Å²) >= 11 is 0. The first-order valence-electron chi connectivity index (χ1n) is 6.62. The summed E-state index contributed by atoms with van der Waals surface area (Å²) in [5.74, 6) is 0. The molecule has 19 heavy (non-hydrogen) atoms. The molecule has 0 aliphatic carbocycles. The smallest absolute Gasteiger partial charge is 0.115 e. The van der Waals surface area contributed by atoms with Crippen LogP contribution in [-0.2, 0) is 23.7 Å². The van der Waals surface area contributed by atoms with Gasteiger partial charge in [0.1, 0.15) is 24.4 Å². The summed E-state index contributed by atoms with van der Waals surface area (Å²) in [5, 5.41) is 18.1.